The molecule has 0 aliphatic carbocycles. The van der Waals surface area contributed by atoms with Crippen LogP contribution in [0.5, 0.6) is 0 Å². The van der Waals surface area contributed by atoms with E-state index in [1.165, 1.54) is 4.70 Å². The van der Waals surface area contributed by atoms with Crippen molar-refractivity contribution >= 4 is 49.0 Å². The van der Waals surface area contributed by atoms with Crippen molar-refractivity contribution in [3.05, 3.63) is 46.1 Å². The molecule has 0 aliphatic heterocycles. The summed E-state index contributed by atoms with van der Waals surface area (Å²) in [6, 6.07) is 8.16. The molecule has 0 N–H and O–H groups in total. The predicted molar refractivity (Wildman–Crippen MR) is 83.3 cm³/mol. The van der Waals surface area contributed by atoms with Gasteiger partial charge in [-0.15, -0.1) is 16.4 Å². The molecule has 0 saturated heterocycles. The maximum Gasteiger partial charge on any atom is 0.0960 e. The van der Waals surface area contributed by atoms with Gasteiger partial charge in [-0.2, -0.15) is 0 Å². The summed E-state index contributed by atoms with van der Waals surface area (Å²) in [7, 11) is 0. The zero-order valence-corrected chi connectivity index (χ0v) is 13.3. The molecule has 0 aliphatic rings. The van der Waals surface area contributed by atoms with Gasteiger partial charge in [-0.25, -0.2) is 4.68 Å². The second-order valence-electron chi connectivity index (χ2n) is 4.29. The Hall–Kier alpha value is -0.910. The highest BCUT2D eigenvalue weighted by molar-refractivity contribution is 9.09. The molecule has 1 atom stereocenters. The van der Waals surface area contributed by atoms with Crippen LogP contribution in [-0.4, -0.2) is 15.0 Å². The highest BCUT2D eigenvalue weighted by Crippen LogP contribution is 2.35. The van der Waals surface area contributed by atoms with Crippen molar-refractivity contribution < 1.29 is 0 Å². The van der Waals surface area contributed by atoms with Crippen LogP contribution in [0.2, 0.25) is 5.02 Å². The number of rotatable bonds is 3. The lowest BCUT2D eigenvalue weighted by Gasteiger charge is -1.98. The third kappa shape index (κ3) is 2.55. The topological polar surface area (TPSA) is 30.7 Å². The average molecular weight is 357 g/mol. The van der Waals surface area contributed by atoms with Crippen LogP contribution in [0, 0.1) is 0 Å². The molecule has 0 saturated carbocycles. The van der Waals surface area contributed by atoms with Gasteiger partial charge in [0.15, 0.2) is 0 Å². The maximum absolute atomic E-state index is 6.42. The zero-order valence-electron chi connectivity index (χ0n) is 10.2. The third-order valence-electron chi connectivity index (χ3n) is 2.87. The molecule has 2 heterocycles. The lowest BCUT2D eigenvalue weighted by molar-refractivity contribution is 0.655. The fourth-order valence-electron chi connectivity index (χ4n) is 1.89. The van der Waals surface area contributed by atoms with E-state index in [1.807, 2.05) is 36.0 Å². The molecule has 0 radical (unpaired) electrons. The molecule has 0 bridgehead atoms. The van der Waals surface area contributed by atoms with Gasteiger partial charge in [0.1, 0.15) is 0 Å². The van der Waals surface area contributed by atoms with Gasteiger partial charge in [-0.1, -0.05) is 50.9 Å². The molecular weight excluding hydrogens is 346 g/mol. The van der Waals surface area contributed by atoms with Crippen molar-refractivity contribution in [2.75, 3.05) is 0 Å². The van der Waals surface area contributed by atoms with Crippen LogP contribution >= 0.6 is 38.9 Å². The Morgan fingerprint density at radius 1 is 1.42 bits per heavy atom. The minimum absolute atomic E-state index is 0.208. The summed E-state index contributed by atoms with van der Waals surface area (Å²) >= 11 is 11.6. The Morgan fingerprint density at radius 3 is 2.89 bits per heavy atom. The standard InChI is InChI=1S/C13H11BrClN3S/c1-8(14)10-6-18(17-16-10)7-12-13(15)9-4-2-3-5-11(9)19-12/h2-6,8H,7H2,1H3. The second kappa shape index (κ2) is 5.23. The van der Waals surface area contributed by atoms with Crippen LogP contribution in [0.3, 0.4) is 0 Å². The highest BCUT2D eigenvalue weighted by atomic mass is 79.9. The van der Waals surface area contributed by atoms with Crippen LogP contribution < -0.4 is 0 Å². The number of fused-ring (bicyclic) bond motifs is 1. The van der Waals surface area contributed by atoms with Gasteiger partial charge < -0.3 is 0 Å². The van der Waals surface area contributed by atoms with Gasteiger partial charge in [0.25, 0.3) is 0 Å². The summed E-state index contributed by atoms with van der Waals surface area (Å²) in [5.74, 6) is 0. The lowest BCUT2D eigenvalue weighted by atomic mass is 10.2. The van der Waals surface area contributed by atoms with Crippen molar-refractivity contribution in [2.45, 2.75) is 18.3 Å². The van der Waals surface area contributed by atoms with E-state index in [9.17, 15) is 0 Å². The number of aromatic nitrogens is 3. The third-order valence-corrected chi connectivity index (χ3v) is 5.04. The minimum atomic E-state index is 0.208. The number of hydrogen-bond donors (Lipinski definition) is 0. The summed E-state index contributed by atoms with van der Waals surface area (Å²) in [6.07, 6.45) is 1.94. The van der Waals surface area contributed by atoms with Crippen LogP contribution in [0.15, 0.2) is 30.5 Å². The Kier molecular flexibility index (Phi) is 3.60. The van der Waals surface area contributed by atoms with E-state index in [0.717, 1.165) is 21.0 Å². The number of alkyl halides is 1. The van der Waals surface area contributed by atoms with Crippen LogP contribution in [0.25, 0.3) is 10.1 Å². The lowest BCUT2D eigenvalue weighted by Crippen LogP contribution is -1.98. The van der Waals surface area contributed by atoms with Crippen molar-refractivity contribution in [2.24, 2.45) is 0 Å². The first-order valence-corrected chi connectivity index (χ1v) is 7.96. The van der Waals surface area contributed by atoms with Gasteiger partial charge >= 0.3 is 0 Å². The highest BCUT2D eigenvalue weighted by Gasteiger charge is 2.12. The normalized spacial score (nSPS) is 13.0. The number of hydrogen-bond acceptors (Lipinski definition) is 3. The average Bonchev–Trinajstić information content (AvgIpc) is 2.97. The van der Waals surface area contributed by atoms with Crippen LogP contribution in [0.1, 0.15) is 22.3 Å². The monoisotopic (exact) mass is 355 g/mol. The molecule has 0 fully saturated rings. The molecule has 2 aromatic heterocycles. The zero-order chi connectivity index (χ0) is 13.4. The van der Waals surface area contributed by atoms with Gasteiger partial charge in [0.05, 0.1) is 22.1 Å². The van der Waals surface area contributed by atoms with Crippen molar-refractivity contribution in [1.82, 2.24) is 15.0 Å². The number of halogens is 2. The van der Waals surface area contributed by atoms with Gasteiger partial charge in [-0.3, -0.25) is 0 Å². The van der Waals surface area contributed by atoms with Crippen LogP contribution in [-0.2, 0) is 6.54 Å². The van der Waals surface area contributed by atoms with Gasteiger partial charge in [0.2, 0.25) is 0 Å². The fraction of sp³-hybridized carbons (Fsp3) is 0.231. The van der Waals surface area contributed by atoms with Gasteiger partial charge in [-0.05, 0) is 13.0 Å². The molecule has 6 heteroatoms. The summed E-state index contributed by atoms with van der Waals surface area (Å²) < 4.78 is 3.03. The minimum Gasteiger partial charge on any atom is -0.247 e. The van der Waals surface area contributed by atoms with E-state index in [2.05, 4.69) is 32.3 Å². The predicted octanol–water partition coefficient (Wildman–Crippen LogP) is 4.65. The summed E-state index contributed by atoms with van der Waals surface area (Å²) in [5.41, 5.74) is 0.928. The largest absolute Gasteiger partial charge is 0.247 e. The second-order valence-corrected chi connectivity index (χ2v) is 7.18. The smallest absolute Gasteiger partial charge is 0.0960 e. The SMILES string of the molecule is CC(Br)c1cn(Cc2sc3ccccc3c2Cl)nn1. The van der Waals surface area contributed by atoms with E-state index >= 15 is 0 Å². The van der Waals surface area contributed by atoms with Crippen molar-refractivity contribution in [3.8, 4) is 0 Å². The molecule has 0 amide bonds. The van der Waals surface area contributed by atoms with E-state index in [-0.39, 0.29) is 4.83 Å². The molecule has 19 heavy (non-hydrogen) atoms. The number of benzene rings is 1. The first-order chi connectivity index (χ1) is 9.15. The molecule has 3 nitrogen and oxygen atoms in total. The Labute approximate surface area is 128 Å². The molecule has 0 spiro atoms. The van der Waals surface area contributed by atoms with E-state index in [0.29, 0.717) is 6.54 Å². The van der Waals surface area contributed by atoms with E-state index < -0.39 is 0 Å². The summed E-state index contributed by atoms with van der Waals surface area (Å²) in [6.45, 7) is 2.69. The number of nitrogens with zero attached hydrogens (tertiary/aromatic N) is 3. The molecule has 3 aromatic rings. The Balaban J connectivity index is 1.94. The number of thiophene rings is 1. The van der Waals surface area contributed by atoms with E-state index in [1.54, 1.807) is 11.3 Å². The molecule has 1 unspecified atom stereocenters. The molecule has 1 aromatic carbocycles. The van der Waals surface area contributed by atoms with E-state index in [4.69, 9.17) is 11.6 Å². The van der Waals surface area contributed by atoms with Gasteiger partial charge in [0, 0.05) is 21.2 Å². The first-order valence-electron chi connectivity index (χ1n) is 5.85. The molecule has 3 rings (SSSR count). The fourth-order valence-corrected chi connectivity index (χ4v) is 3.58. The quantitative estimate of drug-likeness (QED) is 0.640. The summed E-state index contributed by atoms with van der Waals surface area (Å²) in [5, 5.41) is 10.2. The Bertz CT molecular complexity index is 720. The molecule has 98 valence electrons. The summed E-state index contributed by atoms with van der Waals surface area (Å²) in [4.78, 5) is 1.32. The van der Waals surface area contributed by atoms with Crippen molar-refractivity contribution in [1.29, 1.82) is 0 Å². The van der Waals surface area contributed by atoms with Crippen LogP contribution in [0.4, 0.5) is 0 Å². The van der Waals surface area contributed by atoms with Crippen molar-refractivity contribution in [3.63, 3.8) is 0 Å². The first kappa shape index (κ1) is 13.1. The maximum atomic E-state index is 6.42. The Morgan fingerprint density at radius 2 is 2.21 bits per heavy atom. The molecular formula is C13H11BrClN3S.